The summed E-state index contributed by atoms with van der Waals surface area (Å²) in [5.74, 6) is 2.59. The van der Waals surface area contributed by atoms with Gasteiger partial charge < -0.3 is 16.4 Å². The number of anilines is 2. The van der Waals surface area contributed by atoms with Crippen LogP contribution in [-0.4, -0.2) is 29.5 Å². The number of nitrogens with one attached hydrogen (secondary N) is 2. The van der Waals surface area contributed by atoms with Gasteiger partial charge in [0.2, 0.25) is 5.91 Å². The molecule has 1 aliphatic carbocycles. The molecule has 1 aliphatic rings. The minimum atomic E-state index is -0.317. The van der Waals surface area contributed by atoms with E-state index in [1.807, 2.05) is 13.1 Å². The van der Waals surface area contributed by atoms with Gasteiger partial charge >= 0.3 is 0 Å². The molecule has 0 radical (unpaired) electrons. The molecule has 4 N–H and O–H groups in total. The van der Waals surface area contributed by atoms with E-state index in [0.29, 0.717) is 18.9 Å². The highest BCUT2D eigenvalue weighted by atomic mass is 16.1. The van der Waals surface area contributed by atoms with E-state index < -0.39 is 0 Å². The number of carbonyl (C=O) groups excluding carboxylic acids is 1. The summed E-state index contributed by atoms with van der Waals surface area (Å²) in [4.78, 5) is 19.5. The molecular formula is C11H17N5O. The van der Waals surface area contributed by atoms with E-state index in [-0.39, 0.29) is 5.91 Å². The van der Waals surface area contributed by atoms with Crippen LogP contribution in [0.4, 0.5) is 11.6 Å². The van der Waals surface area contributed by atoms with E-state index in [9.17, 15) is 4.79 Å². The molecule has 1 fully saturated rings. The standard InChI is InChI=1S/C11H17N5O/c1-13-9-6-10(14-5-4-8(12)17)16-11(15-9)7-2-3-7/h6-7H,2-5H2,1H3,(H2,12,17)(H2,13,14,15,16). The number of nitrogens with two attached hydrogens (primary N) is 1. The Hall–Kier alpha value is -1.85. The molecule has 0 spiro atoms. The second-order valence-corrected chi connectivity index (χ2v) is 4.16. The first-order valence-corrected chi connectivity index (χ1v) is 5.78. The van der Waals surface area contributed by atoms with Gasteiger partial charge in [0.25, 0.3) is 0 Å². The van der Waals surface area contributed by atoms with E-state index in [4.69, 9.17) is 5.73 Å². The minimum absolute atomic E-state index is 0.303. The second kappa shape index (κ2) is 4.99. The minimum Gasteiger partial charge on any atom is -0.373 e. The molecule has 1 heterocycles. The van der Waals surface area contributed by atoms with E-state index in [2.05, 4.69) is 20.6 Å². The molecule has 0 aromatic carbocycles. The fraction of sp³-hybridized carbons (Fsp3) is 0.545. The van der Waals surface area contributed by atoms with Gasteiger partial charge in [0, 0.05) is 32.0 Å². The molecule has 0 saturated heterocycles. The number of rotatable bonds is 6. The highest BCUT2D eigenvalue weighted by molar-refractivity contribution is 5.74. The molecule has 0 bridgehead atoms. The first-order valence-electron chi connectivity index (χ1n) is 5.78. The van der Waals surface area contributed by atoms with Crippen LogP contribution in [0.25, 0.3) is 0 Å². The SMILES string of the molecule is CNc1cc(NCCC(N)=O)nc(C2CC2)n1. The predicted molar refractivity (Wildman–Crippen MR) is 65.9 cm³/mol. The van der Waals surface area contributed by atoms with Crippen LogP contribution in [0.2, 0.25) is 0 Å². The molecule has 6 nitrogen and oxygen atoms in total. The highest BCUT2D eigenvalue weighted by Gasteiger charge is 2.27. The van der Waals surface area contributed by atoms with Crippen LogP contribution in [0.15, 0.2) is 6.07 Å². The van der Waals surface area contributed by atoms with Crippen LogP contribution in [0, 0.1) is 0 Å². The lowest BCUT2D eigenvalue weighted by atomic mass is 10.3. The maximum absolute atomic E-state index is 10.6. The van der Waals surface area contributed by atoms with Gasteiger partial charge in [-0.3, -0.25) is 4.79 Å². The van der Waals surface area contributed by atoms with Gasteiger partial charge in [0.1, 0.15) is 17.5 Å². The van der Waals surface area contributed by atoms with Crippen molar-refractivity contribution in [3.8, 4) is 0 Å². The molecule has 1 aromatic heterocycles. The smallest absolute Gasteiger partial charge is 0.219 e. The van der Waals surface area contributed by atoms with Gasteiger partial charge in [-0.15, -0.1) is 0 Å². The molecule has 1 saturated carbocycles. The fourth-order valence-corrected chi connectivity index (χ4v) is 1.52. The summed E-state index contributed by atoms with van der Waals surface area (Å²) in [5.41, 5.74) is 5.08. The molecule has 92 valence electrons. The van der Waals surface area contributed by atoms with Crippen LogP contribution in [-0.2, 0) is 4.79 Å². The summed E-state index contributed by atoms with van der Waals surface area (Å²) in [6, 6.07) is 1.83. The normalized spacial score (nSPS) is 14.4. The van der Waals surface area contributed by atoms with Crippen LogP contribution < -0.4 is 16.4 Å². The number of nitrogens with zero attached hydrogens (tertiary/aromatic N) is 2. The maximum Gasteiger partial charge on any atom is 0.219 e. The van der Waals surface area contributed by atoms with E-state index >= 15 is 0 Å². The van der Waals surface area contributed by atoms with Gasteiger partial charge in [-0.05, 0) is 12.8 Å². The Morgan fingerprint density at radius 3 is 2.76 bits per heavy atom. The Balaban J connectivity index is 2.04. The highest BCUT2D eigenvalue weighted by Crippen LogP contribution is 2.38. The largest absolute Gasteiger partial charge is 0.373 e. The Morgan fingerprint density at radius 2 is 2.18 bits per heavy atom. The number of carbonyl (C=O) groups is 1. The first-order chi connectivity index (χ1) is 8.19. The summed E-state index contributed by atoms with van der Waals surface area (Å²) in [6.07, 6.45) is 2.62. The van der Waals surface area contributed by atoms with Crippen molar-refractivity contribution in [3.05, 3.63) is 11.9 Å². The van der Waals surface area contributed by atoms with Gasteiger partial charge in [-0.25, -0.2) is 9.97 Å². The van der Waals surface area contributed by atoms with Crippen LogP contribution in [0.1, 0.15) is 31.0 Å². The Morgan fingerprint density at radius 1 is 1.47 bits per heavy atom. The third-order valence-electron chi connectivity index (χ3n) is 2.62. The summed E-state index contributed by atoms with van der Waals surface area (Å²) in [7, 11) is 1.83. The molecule has 1 amide bonds. The monoisotopic (exact) mass is 235 g/mol. The zero-order valence-electron chi connectivity index (χ0n) is 9.86. The first kappa shape index (κ1) is 11.6. The topological polar surface area (TPSA) is 92.9 Å². The molecule has 1 aromatic rings. The van der Waals surface area contributed by atoms with Crippen LogP contribution in [0.5, 0.6) is 0 Å². The van der Waals surface area contributed by atoms with Gasteiger partial charge in [-0.1, -0.05) is 0 Å². The molecule has 6 heteroatoms. The predicted octanol–water partition coefficient (Wildman–Crippen LogP) is 0.683. The van der Waals surface area contributed by atoms with Crippen molar-refractivity contribution in [2.24, 2.45) is 5.73 Å². The van der Waals surface area contributed by atoms with Crippen molar-refractivity contribution in [1.29, 1.82) is 0 Å². The quantitative estimate of drug-likeness (QED) is 0.674. The van der Waals surface area contributed by atoms with Crippen molar-refractivity contribution in [2.45, 2.75) is 25.2 Å². The molecule has 0 unspecified atom stereocenters. The average Bonchev–Trinajstić information content (AvgIpc) is 3.12. The third kappa shape index (κ3) is 3.30. The molecule has 17 heavy (non-hydrogen) atoms. The van der Waals surface area contributed by atoms with Crippen molar-refractivity contribution in [1.82, 2.24) is 9.97 Å². The van der Waals surface area contributed by atoms with Gasteiger partial charge in [0.15, 0.2) is 0 Å². The third-order valence-corrected chi connectivity index (χ3v) is 2.62. The zero-order chi connectivity index (χ0) is 12.3. The van der Waals surface area contributed by atoms with Crippen molar-refractivity contribution in [3.63, 3.8) is 0 Å². The Labute approximate surface area is 100 Å². The van der Waals surface area contributed by atoms with E-state index in [1.165, 1.54) is 0 Å². The number of aromatic nitrogens is 2. The van der Waals surface area contributed by atoms with Crippen LogP contribution >= 0.6 is 0 Å². The Bertz CT molecular complexity index is 416. The number of hydrogen-bond acceptors (Lipinski definition) is 5. The van der Waals surface area contributed by atoms with E-state index in [0.717, 1.165) is 30.3 Å². The summed E-state index contributed by atoms with van der Waals surface area (Å²) in [5, 5.41) is 6.09. The summed E-state index contributed by atoms with van der Waals surface area (Å²) < 4.78 is 0. The van der Waals surface area contributed by atoms with Crippen LogP contribution in [0.3, 0.4) is 0 Å². The summed E-state index contributed by atoms with van der Waals surface area (Å²) in [6.45, 7) is 0.500. The molecular weight excluding hydrogens is 218 g/mol. The maximum atomic E-state index is 10.6. The number of primary amides is 1. The Kier molecular flexibility index (Phi) is 3.41. The van der Waals surface area contributed by atoms with E-state index in [1.54, 1.807) is 0 Å². The van der Waals surface area contributed by atoms with Gasteiger partial charge in [0.05, 0.1) is 0 Å². The lowest BCUT2D eigenvalue weighted by molar-refractivity contribution is -0.117. The lowest BCUT2D eigenvalue weighted by Gasteiger charge is -2.08. The summed E-state index contributed by atoms with van der Waals surface area (Å²) >= 11 is 0. The number of hydrogen-bond donors (Lipinski definition) is 3. The van der Waals surface area contributed by atoms with Crippen molar-refractivity contribution < 1.29 is 4.79 Å². The molecule has 0 aliphatic heterocycles. The molecule has 2 rings (SSSR count). The van der Waals surface area contributed by atoms with Crippen molar-refractivity contribution in [2.75, 3.05) is 24.2 Å². The number of amides is 1. The lowest BCUT2D eigenvalue weighted by Crippen LogP contribution is -2.16. The average molecular weight is 235 g/mol. The van der Waals surface area contributed by atoms with Crippen molar-refractivity contribution >= 4 is 17.5 Å². The molecule has 0 atom stereocenters. The zero-order valence-corrected chi connectivity index (χ0v) is 9.86. The van der Waals surface area contributed by atoms with Gasteiger partial charge in [-0.2, -0.15) is 0 Å². The second-order valence-electron chi connectivity index (χ2n) is 4.16. The fourth-order valence-electron chi connectivity index (χ4n) is 1.52.